The Bertz CT molecular complexity index is 811. The van der Waals surface area contributed by atoms with Crippen LogP contribution in [0.4, 0.5) is 4.39 Å². The minimum absolute atomic E-state index is 0.265. The van der Waals surface area contributed by atoms with Gasteiger partial charge in [-0.15, -0.1) is 0 Å². The normalized spacial score (nSPS) is 11.0. The van der Waals surface area contributed by atoms with Crippen molar-refractivity contribution in [3.63, 3.8) is 0 Å². The number of ether oxygens (including phenoxy) is 1. The Hall–Kier alpha value is -1.50. The number of hydrogen-bond acceptors (Lipinski definition) is 2. The highest BCUT2D eigenvalue weighted by Gasteiger charge is 2.16. The maximum absolute atomic E-state index is 13.1. The molecular weight excluding hydrogens is 427 g/mol. The van der Waals surface area contributed by atoms with Gasteiger partial charge in [-0.2, -0.15) is 5.10 Å². The summed E-state index contributed by atoms with van der Waals surface area (Å²) in [5, 5.41) is 4.59. The van der Waals surface area contributed by atoms with E-state index in [1.807, 2.05) is 24.3 Å². The Morgan fingerprint density at radius 1 is 1.09 bits per heavy atom. The number of nitrogens with zero attached hydrogens (tertiary/aromatic N) is 2. The zero-order chi connectivity index (χ0) is 16.4. The van der Waals surface area contributed by atoms with Crippen LogP contribution in [-0.4, -0.2) is 16.9 Å². The molecule has 2 aromatic carbocycles. The molecular formula is C17H13Br2FN2O. The molecule has 0 aliphatic carbocycles. The Labute approximate surface area is 150 Å². The van der Waals surface area contributed by atoms with Crippen molar-refractivity contribution in [1.29, 1.82) is 0 Å². The van der Waals surface area contributed by atoms with Crippen molar-refractivity contribution in [3.05, 3.63) is 63.3 Å². The summed E-state index contributed by atoms with van der Waals surface area (Å²) in [6.45, 7) is 0.324. The molecule has 0 amide bonds. The van der Waals surface area contributed by atoms with Crippen molar-refractivity contribution in [3.8, 4) is 22.5 Å². The lowest BCUT2D eigenvalue weighted by Crippen LogP contribution is -2.04. The van der Waals surface area contributed by atoms with Gasteiger partial charge in [-0.25, -0.2) is 9.07 Å². The quantitative estimate of drug-likeness (QED) is 0.537. The second kappa shape index (κ2) is 6.95. The SMILES string of the molecule is COCn1nc(-c2ccc(F)cc2)cc1-c1c(Br)cccc1Br. The first-order chi connectivity index (χ1) is 11.1. The summed E-state index contributed by atoms with van der Waals surface area (Å²) < 4.78 is 22.1. The fraction of sp³-hybridized carbons (Fsp3) is 0.118. The molecule has 6 heteroatoms. The first kappa shape index (κ1) is 16.4. The van der Waals surface area contributed by atoms with Gasteiger partial charge in [0.25, 0.3) is 0 Å². The van der Waals surface area contributed by atoms with Crippen LogP contribution in [0.1, 0.15) is 0 Å². The molecule has 23 heavy (non-hydrogen) atoms. The minimum atomic E-state index is -0.265. The van der Waals surface area contributed by atoms with E-state index in [2.05, 4.69) is 37.0 Å². The Balaban J connectivity index is 2.15. The lowest BCUT2D eigenvalue weighted by atomic mass is 10.1. The van der Waals surface area contributed by atoms with Gasteiger partial charge in [-0.1, -0.05) is 37.9 Å². The highest BCUT2D eigenvalue weighted by atomic mass is 79.9. The summed E-state index contributed by atoms with van der Waals surface area (Å²) in [7, 11) is 1.62. The van der Waals surface area contributed by atoms with Crippen molar-refractivity contribution in [2.24, 2.45) is 0 Å². The van der Waals surface area contributed by atoms with Crippen LogP contribution in [0.3, 0.4) is 0 Å². The van der Waals surface area contributed by atoms with Crippen molar-refractivity contribution in [2.75, 3.05) is 7.11 Å². The lowest BCUT2D eigenvalue weighted by molar-refractivity contribution is 0.122. The fourth-order valence-corrected chi connectivity index (χ4v) is 3.75. The predicted molar refractivity (Wildman–Crippen MR) is 95.5 cm³/mol. The number of aromatic nitrogens is 2. The zero-order valence-corrected chi connectivity index (χ0v) is 15.4. The van der Waals surface area contributed by atoms with Gasteiger partial charge in [0.2, 0.25) is 0 Å². The average molecular weight is 440 g/mol. The molecule has 0 aliphatic rings. The number of halogens is 3. The number of methoxy groups -OCH3 is 1. The molecule has 118 valence electrons. The highest BCUT2D eigenvalue weighted by molar-refractivity contribution is 9.11. The van der Waals surface area contributed by atoms with Crippen molar-refractivity contribution in [1.82, 2.24) is 9.78 Å². The van der Waals surface area contributed by atoms with Crippen molar-refractivity contribution >= 4 is 31.9 Å². The molecule has 0 atom stereocenters. The van der Waals surface area contributed by atoms with Gasteiger partial charge < -0.3 is 4.74 Å². The Morgan fingerprint density at radius 2 is 1.74 bits per heavy atom. The number of hydrogen-bond donors (Lipinski definition) is 0. The third-order valence-corrected chi connectivity index (χ3v) is 4.71. The molecule has 0 bridgehead atoms. The summed E-state index contributed by atoms with van der Waals surface area (Å²) in [6, 6.07) is 14.2. The highest BCUT2D eigenvalue weighted by Crippen LogP contribution is 2.36. The largest absolute Gasteiger partial charge is 0.362 e. The molecule has 0 aliphatic heterocycles. The summed E-state index contributed by atoms with van der Waals surface area (Å²) >= 11 is 7.17. The smallest absolute Gasteiger partial charge is 0.139 e. The molecule has 3 nitrogen and oxygen atoms in total. The van der Waals surface area contributed by atoms with Gasteiger partial charge in [0.05, 0.1) is 11.4 Å². The maximum atomic E-state index is 13.1. The fourth-order valence-electron chi connectivity index (χ4n) is 2.34. The van der Waals surface area contributed by atoms with Crippen molar-refractivity contribution < 1.29 is 9.13 Å². The van der Waals surface area contributed by atoms with Gasteiger partial charge in [-0.05, 0) is 42.5 Å². The molecule has 0 fully saturated rings. The van der Waals surface area contributed by atoms with Crippen LogP contribution in [0.15, 0.2) is 57.5 Å². The van der Waals surface area contributed by atoms with E-state index in [9.17, 15) is 4.39 Å². The van der Waals surface area contributed by atoms with E-state index in [-0.39, 0.29) is 5.82 Å². The molecule has 0 unspecified atom stereocenters. The van der Waals surface area contributed by atoms with Crippen LogP contribution >= 0.6 is 31.9 Å². The summed E-state index contributed by atoms with van der Waals surface area (Å²) in [5.41, 5.74) is 3.52. The Morgan fingerprint density at radius 3 is 2.35 bits per heavy atom. The van der Waals surface area contributed by atoms with Crippen LogP contribution in [-0.2, 0) is 11.5 Å². The van der Waals surface area contributed by atoms with E-state index in [1.54, 1.807) is 23.9 Å². The molecule has 0 saturated carbocycles. The Kier molecular flexibility index (Phi) is 4.94. The van der Waals surface area contributed by atoms with Gasteiger partial charge in [0, 0.05) is 27.2 Å². The van der Waals surface area contributed by atoms with Crippen LogP contribution in [0.5, 0.6) is 0 Å². The van der Waals surface area contributed by atoms with Gasteiger partial charge in [0.1, 0.15) is 12.5 Å². The van der Waals surface area contributed by atoms with Gasteiger partial charge in [0.15, 0.2) is 0 Å². The second-order valence-electron chi connectivity index (χ2n) is 4.94. The van der Waals surface area contributed by atoms with Gasteiger partial charge in [-0.3, -0.25) is 0 Å². The molecule has 1 heterocycles. The maximum Gasteiger partial charge on any atom is 0.139 e. The molecule has 0 spiro atoms. The van der Waals surface area contributed by atoms with Crippen LogP contribution < -0.4 is 0 Å². The van der Waals surface area contributed by atoms with E-state index in [0.29, 0.717) is 6.73 Å². The zero-order valence-electron chi connectivity index (χ0n) is 12.3. The van der Waals surface area contributed by atoms with Crippen LogP contribution in [0.2, 0.25) is 0 Å². The third-order valence-electron chi connectivity index (χ3n) is 3.39. The second-order valence-corrected chi connectivity index (χ2v) is 6.64. The minimum Gasteiger partial charge on any atom is -0.362 e. The van der Waals surface area contributed by atoms with Crippen LogP contribution in [0.25, 0.3) is 22.5 Å². The van der Waals surface area contributed by atoms with E-state index in [0.717, 1.165) is 31.5 Å². The van der Waals surface area contributed by atoms with Crippen LogP contribution in [0, 0.1) is 5.82 Å². The first-order valence-corrected chi connectivity index (χ1v) is 8.46. The molecule has 0 N–H and O–H groups in total. The average Bonchev–Trinajstić information content (AvgIpc) is 2.92. The number of benzene rings is 2. The topological polar surface area (TPSA) is 27.1 Å². The lowest BCUT2D eigenvalue weighted by Gasteiger charge is -2.09. The first-order valence-electron chi connectivity index (χ1n) is 6.87. The third kappa shape index (κ3) is 3.39. The molecule has 0 radical (unpaired) electrons. The van der Waals surface area contributed by atoms with Crippen molar-refractivity contribution in [2.45, 2.75) is 6.73 Å². The molecule has 1 aromatic heterocycles. The monoisotopic (exact) mass is 438 g/mol. The predicted octanol–water partition coefficient (Wildman–Crippen LogP) is 5.49. The summed E-state index contributed by atoms with van der Waals surface area (Å²) in [5.74, 6) is -0.265. The van der Waals surface area contributed by atoms with E-state index in [4.69, 9.17) is 4.74 Å². The summed E-state index contributed by atoms with van der Waals surface area (Å²) in [6.07, 6.45) is 0. The summed E-state index contributed by atoms with van der Waals surface area (Å²) in [4.78, 5) is 0. The van der Waals surface area contributed by atoms with E-state index in [1.165, 1.54) is 12.1 Å². The molecule has 3 rings (SSSR count). The van der Waals surface area contributed by atoms with Gasteiger partial charge >= 0.3 is 0 Å². The molecule has 3 aromatic rings. The van der Waals surface area contributed by atoms with E-state index < -0.39 is 0 Å². The number of rotatable bonds is 4. The standard InChI is InChI=1S/C17H13Br2FN2O/c1-23-10-22-16(17-13(18)3-2-4-14(17)19)9-15(21-22)11-5-7-12(20)8-6-11/h2-9H,10H2,1H3. The van der Waals surface area contributed by atoms with E-state index >= 15 is 0 Å². The molecule has 0 saturated heterocycles.